The van der Waals surface area contributed by atoms with Crippen LogP contribution in [0.2, 0.25) is 5.02 Å². The summed E-state index contributed by atoms with van der Waals surface area (Å²) in [6, 6.07) is 12.6. The average molecular weight is 290 g/mol. The zero-order valence-electron chi connectivity index (χ0n) is 10.9. The van der Waals surface area contributed by atoms with Gasteiger partial charge >= 0.3 is 0 Å². The minimum atomic E-state index is -0.360. The maximum absolute atomic E-state index is 13.0. The number of carbonyl (C=O) groups excluding carboxylic acids is 1. The van der Waals surface area contributed by atoms with E-state index in [4.69, 9.17) is 17.3 Å². The van der Waals surface area contributed by atoms with Crippen LogP contribution in [-0.4, -0.2) is 5.78 Å². The molecule has 0 aromatic heterocycles. The number of benzene rings is 2. The molecule has 0 aliphatic carbocycles. The minimum absolute atomic E-state index is 0.177. The summed E-state index contributed by atoms with van der Waals surface area (Å²) in [4.78, 5) is 11.9. The number of allylic oxidation sites excluding steroid dienone is 1. The Morgan fingerprint density at radius 2 is 1.50 bits per heavy atom. The summed E-state index contributed by atoms with van der Waals surface area (Å²) in [7, 11) is 0. The number of ketones is 1. The van der Waals surface area contributed by atoms with Crippen molar-refractivity contribution >= 4 is 28.7 Å². The van der Waals surface area contributed by atoms with Crippen molar-refractivity contribution in [1.82, 2.24) is 0 Å². The van der Waals surface area contributed by atoms with Crippen molar-refractivity contribution < 1.29 is 9.18 Å². The number of Topliss-reactive ketones (excluding diaryl/α,β-unsaturated/α-hetero) is 1. The van der Waals surface area contributed by atoms with Crippen molar-refractivity contribution in [1.29, 1.82) is 0 Å². The molecule has 2 rings (SSSR count). The summed E-state index contributed by atoms with van der Waals surface area (Å²) in [6.07, 6.45) is 0. The van der Waals surface area contributed by atoms with E-state index in [0.29, 0.717) is 27.4 Å². The van der Waals surface area contributed by atoms with E-state index in [-0.39, 0.29) is 11.6 Å². The second kappa shape index (κ2) is 5.88. The van der Waals surface area contributed by atoms with E-state index in [1.807, 2.05) is 0 Å². The summed E-state index contributed by atoms with van der Waals surface area (Å²) in [5.74, 6) is -0.536. The van der Waals surface area contributed by atoms with Gasteiger partial charge in [-0.25, -0.2) is 4.39 Å². The average Bonchev–Trinajstić information content (AvgIpc) is 2.41. The van der Waals surface area contributed by atoms with Crippen molar-refractivity contribution in [3.05, 3.63) is 70.5 Å². The zero-order chi connectivity index (χ0) is 14.7. The topological polar surface area (TPSA) is 43.1 Å². The smallest absolute Gasteiger partial charge is 0.162 e. The quantitative estimate of drug-likeness (QED) is 0.688. The largest absolute Gasteiger partial charge is 0.398 e. The van der Waals surface area contributed by atoms with Gasteiger partial charge in [0.15, 0.2) is 5.78 Å². The lowest BCUT2D eigenvalue weighted by Crippen LogP contribution is -2.07. The molecule has 2 N–H and O–H groups in total. The molecule has 0 saturated carbocycles. The van der Waals surface area contributed by atoms with Crippen LogP contribution in [0.25, 0.3) is 11.3 Å². The molecular formula is C16H13ClFNO. The normalized spacial score (nSPS) is 11.9. The Morgan fingerprint density at radius 1 is 1.00 bits per heavy atom. The van der Waals surface area contributed by atoms with Gasteiger partial charge in [0.25, 0.3) is 0 Å². The van der Waals surface area contributed by atoms with Crippen LogP contribution < -0.4 is 5.73 Å². The van der Waals surface area contributed by atoms with Gasteiger partial charge in [0.1, 0.15) is 5.82 Å². The second-order valence-electron chi connectivity index (χ2n) is 4.36. The van der Waals surface area contributed by atoms with Gasteiger partial charge in [0.05, 0.1) is 5.70 Å². The fourth-order valence-corrected chi connectivity index (χ4v) is 2.06. The highest BCUT2D eigenvalue weighted by Gasteiger charge is 2.13. The summed E-state index contributed by atoms with van der Waals surface area (Å²) in [6.45, 7) is 1.43. The van der Waals surface area contributed by atoms with Crippen molar-refractivity contribution in [2.24, 2.45) is 5.73 Å². The van der Waals surface area contributed by atoms with E-state index in [0.717, 1.165) is 0 Å². The molecule has 0 radical (unpaired) electrons. The Labute approximate surface area is 121 Å². The van der Waals surface area contributed by atoms with Gasteiger partial charge in [-0.05, 0) is 42.3 Å². The second-order valence-corrected chi connectivity index (χ2v) is 4.80. The van der Waals surface area contributed by atoms with Crippen LogP contribution >= 0.6 is 11.6 Å². The number of hydrogen-bond acceptors (Lipinski definition) is 2. The standard InChI is InChI=1S/C16H13ClFNO/c1-10(20)15(11-4-8-14(18)9-5-11)16(19)12-2-6-13(17)7-3-12/h2-9H,19H2,1H3/b16-15-. The van der Waals surface area contributed by atoms with E-state index < -0.39 is 0 Å². The van der Waals surface area contributed by atoms with Crippen molar-refractivity contribution in [3.63, 3.8) is 0 Å². The van der Waals surface area contributed by atoms with Crippen LogP contribution in [0.3, 0.4) is 0 Å². The molecule has 102 valence electrons. The Hall–Kier alpha value is -2.13. The summed E-state index contributed by atoms with van der Waals surface area (Å²) in [5.41, 5.74) is 8.09. The fourth-order valence-electron chi connectivity index (χ4n) is 1.94. The summed E-state index contributed by atoms with van der Waals surface area (Å²) in [5, 5.41) is 0.590. The molecule has 0 aliphatic rings. The molecule has 0 aliphatic heterocycles. The maximum atomic E-state index is 13.0. The molecule has 0 bridgehead atoms. The number of carbonyl (C=O) groups is 1. The Morgan fingerprint density at radius 3 is 2.00 bits per heavy atom. The maximum Gasteiger partial charge on any atom is 0.162 e. The van der Waals surface area contributed by atoms with E-state index >= 15 is 0 Å². The van der Waals surface area contributed by atoms with Crippen molar-refractivity contribution in [2.75, 3.05) is 0 Å². The minimum Gasteiger partial charge on any atom is -0.398 e. The molecule has 2 aromatic rings. The van der Waals surface area contributed by atoms with Gasteiger partial charge < -0.3 is 5.73 Å². The van der Waals surface area contributed by atoms with Crippen LogP contribution in [0.15, 0.2) is 48.5 Å². The highest BCUT2D eigenvalue weighted by atomic mass is 35.5. The lowest BCUT2D eigenvalue weighted by Gasteiger charge is -2.10. The molecule has 0 unspecified atom stereocenters. The Balaban J connectivity index is 2.56. The SMILES string of the molecule is CC(=O)/C(=C(/N)c1ccc(Cl)cc1)c1ccc(F)cc1. The molecule has 2 aromatic carbocycles. The van der Waals surface area contributed by atoms with Gasteiger partial charge in [0, 0.05) is 10.6 Å². The third kappa shape index (κ3) is 3.06. The first-order valence-corrected chi connectivity index (χ1v) is 6.39. The molecule has 0 atom stereocenters. The van der Waals surface area contributed by atoms with E-state index in [1.54, 1.807) is 24.3 Å². The highest BCUT2D eigenvalue weighted by Crippen LogP contribution is 2.24. The van der Waals surface area contributed by atoms with Crippen LogP contribution in [0.1, 0.15) is 18.1 Å². The third-order valence-corrected chi connectivity index (χ3v) is 3.16. The predicted molar refractivity (Wildman–Crippen MR) is 79.5 cm³/mol. The number of rotatable bonds is 3. The van der Waals surface area contributed by atoms with E-state index in [9.17, 15) is 9.18 Å². The first-order chi connectivity index (χ1) is 9.49. The van der Waals surface area contributed by atoms with Gasteiger partial charge in [0.2, 0.25) is 0 Å². The summed E-state index contributed by atoms with van der Waals surface area (Å²) < 4.78 is 13.0. The molecule has 20 heavy (non-hydrogen) atoms. The molecule has 0 amide bonds. The van der Waals surface area contributed by atoms with Gasteiger partial charge in [-0.3, -0.25) is 4.79 Å². The van der Waals surface area contributed by atoms with E-state index in [1.165, 1.54) is 31.2 Å². The summed E-state index contributed by atoms with van der Waals surface area (Å²) >= 11 is 5.83. The van der Waals surface area contributed by atoms with Crippen LogP contribution in [0.5, 0.6) is 0 Å². The van der Waals surface area contributed by atoms with Gasteiger partial charge in [-0.1, -0.05) is 35.9 Å². The first-order valence-electron chi connectivity index (χ1n) is 6.01. The van der Waals surface area contributed by atoms with Crippen LogP contribution in [0.4, 0.5) is 4.39 Å². The van der Waals surface area contributed by atoms with Crippen molar-refractivity contribution in [2.45, 2.75) is 6.92 Å². The predicted octanol–water partition coefficient (Wildman–Crippen LogP) is 3.90. The number of halogens is 2. The lowest BCUT2D eigenvalue weighted by atomic mass is 9.97. The molecule has 0 heterocycles. The van der Waals surface area contributed by atoms with Gasteiger partial charge in [-0.15, -0.1) is 0 Å². The first kappa shape index (κ1) is 14.3. The highest BCUT2D eigenvalue weighted by molar-refractivity contribution is 6.30. The molecule has 0 saturated heterocycles. The molecule has 4 heteroatoms. The Kier molecular flexibility index (Phi) is 4.20. The number of nitrogens with two attached hydrogens (primary N) is 1. The van der Waals surface area contributed by atoms with Crippen LogP contribution in [0, 0.1) is 5.82 Å². The zero-order valence-corrected chi connectivity index (χ0v) is 11.6. The molecule has 0 fully saturated rings. The van der Waals surface area contributed by atoms with E-state index in [2.05, 4.69) is 0 Å². The third-order valence-electron chi connectivity index (χ3n) is 2.91. The van der Waals surface area contributed by atoms with Crippen molar-refractivity contribution in [3.8, 4) is 0 Å². The van der Waals surface area contributed by atoms with Crippen LogP contribution in [-0.2, 0) is 4.79 Å². The molecular weight excluding hydrogens is 277 g/mol. The molecule has 0 spiro atoms. The monoisotopic (exact) mass is 289 g/mol. The van der Waals surface area contributed by atoms with Gasteiger partial charge in [-0.2, -0.15) is 0 Å². The number of hydrogen-bond donors (Lipinski definition) is 1. The lowest BCUT2D eigenvalue weighted by molar-refractivity contribution is -0.111. The Bertz CT molecular complexity index is 660. The fraction of sp³-hybridized carbons (Fsp3) is 0.0625. The molecule has 2 nitrogen and oxygen atoms in total.